The number of halogens is 4. The number of nitrogens with zero attached hydrogens (tertiary/aromatic N) is 3. The highest BCUT2D eigenvalue weighted by Crippen LogP contribution is 2.32. The van der Waals surface area contributed by atoms with Crippen molar-refractivity contribution in [2.24, 2.45) is 0 Å². The van der Waals surface area contributed by atoms with Crippen LogP contribution in [-0.2, 0) is 6.18 Å². The number of carbonyl (C=O) groups is 1. The molecule has 2 aromatic carbocycles. The van der Waals surface area contributed by atoms with E-state index in [4.69, 9.17) is 16.3 Å². The van der Waals surface area contributed by atoms with Gasteiger partial charge in [-0.3, -0.25) is 4.79 Å². The summed E-state index contributed by atoms with van der Waals surface area (Å²) in [6.45, 7) is 1.74. The predicted octanol–water partition coefficient (Wildman–Crippen LogP) is 5.66. The number of aromatic nitrogens is 3. The predicted molar refractivity (Wildman–Crippen MR) is 115 cm³/mol. The van der Waals surface area contributed by atoms with Gasteiger partial charge in [0.15, 0.2) is 5.65 Å². The molecule has 0 bridgehead atoms. The summed E-state index contributed by atoms with van der Waals surface area (Å²) in [6.07, 6.45) is -3.15. The van der Waals surface area contributed by atoms with E-state index < -0.39 is 17.6 Å². The fourth-order valence-corrected chi connectivity index (χ4v) is 3.57. The molecule has 6 nitrogen and oxygen atoms in total. The van der Waals surface area contributed by atoms with Crippen molar-refractivity contribution in [3.05, 3.63) is 76.6 Å². The molecule has 4 aromatic rings. The first-order chi connectivity index (χ1) is 15.2. The molecule has 10 heteroatoms. The van der Waals surface area contributed by atoms with Crippen molar-refractivity contribution in [3.8, 4) is 11.4 Å². The largest absolute Gasteiger partial charge is 0.497 e. The molecular formula is C22H16ClF3N4O2. The molecule has 0 unspecified atom stereocenters. The summed E-state index contributed by atoms with van der Waals surface area (Å²) >= 11 is 6.52. The van der Waals surface area contributed by atoms with Crippen molar-refractivity contribution in [1.82, 2.24) is 14.8 Å². The fourth-order valence-electron chi connectivity index (χ4n) is 3.21. The van der Waals surface area contributed by atoms with E-state index >= 15 is 0 Å². The van der Waals surface area contributed by atoms with Crippen molar-refractivity contribution < 1.29 is 22.7 Å². The molecule has 1 N–H and O–H groups in total. The number of carbonyl (C=O) groups excluding carboxylic acids is 1. The standard InChI is InChI=1S/C22H16ClF3N4O2/c1-12-18-19(23)17(21(31)28-14-5-3-13(4-6-14)22(24,25)26)11-27-20(18)30(29-12)15-7-9-16(32-2)10-8-15/h3-11H,1-2H3,(H,28,31). The van der Waals surface area contributed by atoms with Crippen LogP contribution >= 0.6 is 11.6 Å². The number of nitrogens with one attached hydrogen (secondary N) is 1. The zero-order chi connectivity index (χ0) is 23.0. The Balaban J connectivity index is 1.66. The van der Waals surface area contributed by atoms with Gasteiger partial charge < -0.3 is 10.1 Å². The molecule has 0 fully saturated rings. The number of hydrogen-bond acceptors (Lipinski definition) is 4. The lowest BCUT2D eigenvalue weighted by molar-refractivity contribution is -0.137. The Morgan fingerprint density at radius 2 is 1.75 bits per heavy atom. The van der Waals surface area contributed by atoms with E-state index in [0.717, 1.165) is 17.8 Å². The van der Waals surface area contributed by atoms with Crippen LogP contribution in [-0.4, -0.2) is 27.8 Å². The van der Waals surface area contributed by atoms with E-state index in [9.17, 15) is 18.0 Å². The highest BCUT2D eigenvalue weighted by molar-refractivity contribution is 6.39. The minimum Gasteiger partial charge on any atom is -0.497 e. The Hall–Kier alpha value is -3.59. The summed E-state index contributed by atoms with van der Waals surface area (Å²) in [5.41, 5.74) is 1.23. The molecule has 4 rings (SSSR count). The molecule has 2 heterocycles. The van der Waals surface area contributed by atoms with Gasteiger partial charge in [-0.25, -0.2) is 9.67 Å². The summed E-state index contributed by atoms with van der Waals surface area (Å²) in [5, 5.41) is 7.68. The first-order valence-corrected chi connectivity index (χ1v) is 9.73. The lowest BCUT2D eigenvalue weighted by Gasteiger charge is -2.10. The van der Waals surface area contributed by atoms with Crippen LogP contribution in [0.5, 0.6) is 5.75 Å². The van der Waals surface area contributed by atoms with E-state index in [1.807, 2.05) is 12.1 Å². The van der Waals surface area contributed by atoms with Gasteiger partial charge in [-0.1, -0.05) is 11.6 Å². The maximum Gasteiger partial charge on any atom is 0.416 e. The first-order valence-electron chi connectivity index (χ1n) is 9.36. The molecule has 32 heavy (non-hydrogen) atoms. The van der Waals surface area contributed by atoms with E-state index in [1.54, 1.807) is 30.8 Å². The summed E-state index contributed by atoms with van der Waals surface area (Å²) in [4.78, 5) is 17.1. The number of alkyl halides is 3. The molecule has 2 aromatic heterocycles. The summed E-state index contributed by atoms with van der Waals surface area (Å²) < 4.78 is 44.9. The maximum absolute atomic E-state index is 12.7. The van der Waals surface area contributed by atoms with Gasteiger partial charge in [-0.15, -0.1) is 0 Å². The van der Waals surface area contributed by atoms with Gasteiger partial charge in [0.1, 0.15) is 5.75 Å². The van der Waals surface area contributed by atoms with Crippen LogP contribution in [0.1, 0.15) is 21.6 Å². The Labute approximate surface area is 185 Å². The van der Waals surface area contributed by atoms with Gasteiger partial charge in [-0.05, 0) is 55.5 Å². The lowest BCUT2D eigenvalue weighted by atomic mass is 10.1. The van der Waals surface area contributed by atoms with E-state index in [-0.39, 0.29) is 16.3 Å². The average molecular weight is 461 g/mol. The summed E-state index contributed by atoms with van der Waals surface area (Å²) in [6, 6.07) is 11.3. The minimum atomic E-state index is -4.46. The smallest absolute Gasteiger partial charge is 0.416 e. The molecule has 0 aliphatic carbocycles. The molecule has 0 aliphatic heterocycles. The third kappa shape index (κ3) is 3.99. The second-order valence-electron chi connectivity index (χ2n) is 6.91. The number of amides is 1. The van der Waals surface area contributed by atoms with E-state index in [1.165, 1.54) is 18.3 Å². The quantitative estimate of drug-likeness (QED) is 0.426. The van der Waals surface area contributed by atoms with Crippen molar-refractivity contribution in [2.45, 2.75) is 13.1 Å². The Morgan fingerprint density at radius 1 is 1.09 bits per heavy atom. The third-order valence-electron chi connectivity index (χ3n) is 4.84. The van der Waals surface area contributed by atoms with Crippen molar-refractivity contribution >= 4 is 34.2 Å². The Kier molecular flexibility index (Phi) is 5.52. The van der Waals surface area contributed by atoms with Gasteiger partial charge >= 0.3 is 6.18 Å². The molecular weight excluding hydrogens is 445 g/mol. The molecule has 0 saturated carbocycles. The van der Waals surface area contributed by atoms with Gasteiger partial charge in [-0.2, -0.15) is 18.3 Å². The second-order valence-corrected chi connectivity index (χ2v) is 7.29. The van der Waals surface area contributed by atoms with Crippen LogP contribution in [0.2, 0.25) is 5.02 Å². The van der Waals surface area contributed by atoms with Crippen LogP contribution in [0.15, 0.2) is 54.7 Å². The average Bonchev–Trinajstić information content (AvgIpc) is 3.11. The van der Waals surface area contributed by atoms with Crippen molar-refractivity contribution in [1.29, 1.82) is 0 Å². The van der Waals surface area contributed by atoms with Crippen LogP contribution < -0.4 is 10.1 Å². The van der Waals surface area contributed by atoms with Crippen LogP contribution in [0.4, 0.5) is 18.9 Å². The number of fused-ring (bicyclic) bond motifs is 1. The summed E-state index contributed by atoms with van der Waals surface area (Å²) in [5.74, 6) is 0.0934. The monoisotopic (exact) mass is 460 g/mol. The molecule has 0 spiro atoms. The highest BCUT2D eigenvalue weighted by atomic mass is 35.5. The fraction of sp³-hybridized carbons (Fsp3) is 0.136. The Morgan fingerprint density at radius 3 is 2.34 bits per heavy atom. The number of aryl methyl sites for hydroxylation is 1. The van der Waals surface area contributed by atoms with Gasteiger partial charge in [0.25, 0.3) is 5.91 Å². The number of rotatable bonds is 4. The number of ether oxygens (including phenoxy) is 1. The second kappa shape index (κ2) is 8.16. The zero-order valence-corrected chi connectivity index (χ0v) is 17.6. The molecule has 164 valence electrons. The maximum atomic E-state index is 12.7. The number of benzene rings is 2. The Bertz CT molecular complexity index is 1300. The molecule has 1 amide bonds. The number of pyridine rings is 1. The number of anilines is 1. The van der Waals surface area contributed by atoms with Crippen molar-refractivity contribution in [3.63, 3.8) is 0 Å². The van der Waals surface area contributed by atoms with Crippen LogP contribution in [0.3, 0.4) is 0 Å². The third-order valence-corrected chi connectivity index (χ3v) is 5.23. The first kappa shape index (κ1) is 21.6. The molecule has 0 atom stereocenters. The SMILES string of the molecule is COc1ccc(-n2nc(C)c3c(Cl)c(C(=O)Nc4ccc(C(F)(F)F)cc4)cnc32)cc1. The van der Waals surface area contributed by atoms with Gasteiger partial charge in [0.05, 0.1) is 40.0 Å². The van der Waals surface area contributed by atoms with Gasteiger partial charge in [0, 0.05) is 11.9 Å². The van der Waals surface area contributed by atoms with Crippen LogP contribution in [0.25, 0.3) is 16.7 Å². The van der Waals surface area contributed by atoms with Gasteiger partial charge in [0.2, 0.25) is 0 Å². The molecule has 0 aliphatic rings. The van der Waals surface area contributed by atoms with E-state index in [0.29, 0.717) is 22.5 Å². The van der Waals surface area contributed by atoms with Crippen molar-refractivity contribution in [2.75, 3.05) is 12.4 Å². The zero-order valence-electron chi connectivity index (χ0n) is 16.9. The lowest BCUT2D eigenvalue weighted by Crippen LogP contribution is -2.13. The molecule has 0 radical (unpaired) electrons. The topological polar surface area (TPSA) is 69.0 Å². The number of hydrogen-bond donors (Lipinski definition) is 1. The summed E-state index contributed by atoms with van der Waals surface area (Å²) in [7, 11) is 1.57. The normalized spacial score (nSPS) is 11.6. The minimum absolute atomic E-state index is 0.0800. The van der Waals surface area contributed by atoms with Crippen LogP contribution in [0, 0.1) is 6.92 Å². The molecule has 0 saturated heterocycles. The highest BCUT2D eigenvalue weighted by Gasteiger charge is 2.30. The van der Waals surface area contributed by atoms with E-state index in [2.05, 4.69) is 15.4 Å². The number of methoxy groups -OCH3 is 1.